The molecule has 4 nitrogen and oxygen atoms in total. The lowest BCUT2D eigenvalue weighted by Crippen LogP contribution is -2.41. The molecule has 0 aromatic heterocycles. The smallest absolute Gasteiger partial charge is 0.326 e. The summed E-state index contributed by atoms with van der Waals surface area (Å²) in [5.74, 6) is -1.09. The molecule has 0 aromatic carbocycles. The van der Waals surface area contributed by atoms with Gasteiger partial charge in [0.15, 0.2) is 0 Å². The van der Waals surface area contributed by atoms with Crippen LogP contribution in [-0.4, -0.2) is 23.0 Å². The minimum Gasteiger partial charge on any atom is -0.480 e. The Bertz CT molecular complexity index is 269. The van der Waals surface area contributed by atoms with Gasteiger partial charge >= 0.3 is 5.97 Å². The molecule has 0 aromatic rings. The molecule has 0 saturated heterocycles. The number of carboxylic acids is 1. The lowest BCUT2D eigenvalue weighted by molar-refractivity contribution is -0.141. The fraction of sp³-hybridized carbons (Fsp3) is 0.600. The van der Waals surface area contributed by atoms with Crippen LogP contribution in [0.3, 0.4) is 0 Å². The highest BCUT2D eigenvalue weighted by Gasteiger charge is 2.32. The Morgan fingerprint density at radius 1 is 1.57 bits per heavy atom. The van der Waals surface area contributed by atoms with Crippen LogP contribution in [0.4, 0.5) is 0 Å². The summed E-state index contributed by atoms with van der Waals surface area (Å²) in [6, 6.07) is -0.819. The van der Waals surface area contributed by atoms with E-state index in [4.69, 9.17) is 5.11 Å². The van der Waals surface area contributed by atoms with Crippen LogP contribution in [-0.2, 0) is 9.59 Å². The molecule has 2 N–H and O–H groups in total. The number of aliphatic carboxylic acids is 1. The Morgan fingerprint density at radius 2 is 2.14 bits per heavy atom. The van der Waals surface area contributed by atoms with Crippen LogP contribution in [0.25, 0.3) is 0 Å². The van der Waals surface area contributed by atoms with E-state index in [1.807, 2.05) is 0 Å². The minimum absolute atomic E-state index is 0.0435. The fourth-order valence-electron chi connectivity index (χ4n) is 1.18. The van der Waals surface area contributed by atoms with Crippen molar-refractivity contribution in [3.05, 3.63) is 12.2 Å². The summed E-state index contributed by atoms with van der Waals surface area (Å²) in [5, 5.41) is 11.3. The van der Waals surface area contributed by atoms with Gasteiger partial charge in [0.1, 0.15) is 6.04 Å². The average Bonchev–Trinajstić information content (AvgIpc) is 2.83. The Labute approximate surface area is 83.0 Å². The van der Waals surface area contributed by atoms with E-state index >= 15 is 0 Å². The van der Waals surface area contributed by atoms with Crippen molar-refractivity contribution in [3.63, 3.8) is 0 Å². The highest BCUT2D eigenvalue weighted by atomic mass is 16.4. The van der Waals surface area contributed by atoms with Gasteiger partial charge in [-0.2, -0.15) is 0 Å². The van der Waals surface area contributed by atoms with Crippen LogP contribution in [0.1, 0.15) is 26.2 Å². The SMILES string of the molecule is C=C(C)C[C@@H](NC(=O)C1CC1)C(=O)O. The van der Waals surface area contributed by atoms with Crippen molar-refractivity contribution in [1.82, 2.24) is 5.32 Å². The number of amides is 1. The van der Waals surface area contributed by atoms with Crippen molar-refractivity contribution < 1.29 is 14.7 Å². The molecule has 1 fully saturated rings. The molecule has 0 bridgehead atoms. The summed E-state index contributed by atoms with van der Waals surface area (Å²) < 4.78 is 0. The third-order valence-electron chi connectivity index (χ3n) is 2.12. The molecule has 1 rings (SSSR count). The Balaban J connectivity index is 2.45. The van der Waals surface area contributed by atoms with Crippen LogP contribution in [0.5, 0.6) is 0 Å². The maximum atomic E-state index is 11.3. The van der Waals surface area contributed by atoms with Gasteiger partial charge in [0.2, 0.25) is 5.91 Å². The molecule has 1 saturated carbocycles. The maximum Gasteiger partial charge on any atom is 0.326 e. The number of nitrogens with one attached hydrogen (secondary N) is 1. The van der Waals surface area contributed by atoms with Gasteiger partial charge in [0.05, 0.1) is 0 Å². The molecule has 1 amide bonds. The predicted molar refractivity (Wildman–Crippen MR) is 51.7 cm³/mol. The largest absolute Gasteiger partial charge is 0.480 e. The Hall–Kier alpha value is -1.32. The third-order valence-corrected chi connectivity index (χ3v) is 2.12. The molecule has 4 heteroatoms. The molecule has 78 valence electrons. The van der Waals surface area contributed by atoms with Crippen LogP contribution in [0, 0.1) is 5.92 Å². The molecule has 0 radical (unpaired) electrons. The van der Waals surface area contributed by atoms with E-state index in [9.17, 15) is 9.59 Å². The molecule has 1 atom stereocenters. The quantitative estimate of drug-likeness (QED) is 0.644. The van der Waals surface area contributed by atoms with Crippen molar-refractivity contribution in [3.8, 4) is 0 Å². The van der Waals surface area contributed by atoms with Crippen molar-refractivity contribution in [1.29, 1.82) is 0 Å². The summed E-state index contributed by atoms with van der Waals surface area (Å²) in [4.78, 5) is 22.1. The van der Waals surface area contributed by atoms with E-state index in [2.05, 4.69) is 11.9 Å². The summed E-state index contributed by atoms with van der Waals surface area (Å²) in [5.41, 5.74) is 0.758. The highest BCUT2D eigenvalue weighted by Crippen LogP contribution is 2.29. The van der Waals surface area contributed by atoms with Crippen molar-refractivity contribution in [2.75, 3.05) is 0 Å². The number of carbonyl (C=O) groups excluding carboxylic acids is 1. The minimum atomic E-state index is -0.998. The zero-order valence-corrected chi connectivity index (χ0v) is 8.25. The second kappa shape index (κ2) is 4.26. The molecule has 0 unspecified atom stereocenters. The van der Waals surface area contributed by atoms with Gasteiger partial charge in [-0.1, -0.05) is 5.57 Å². The van der Waals surface area contributed by atoms with Gasteiger partial charge < -0.3 is 10.4 Å². The molecule has 0 heterocycles. The number of hydrogen-bond donors (Lipinski definition) is 2. The Kier molecular flexibility index (Phi) is 3.28. The molecule has 1 aliphatic carbocycles. The van der Waals surface area contributed by atoms with Crippen molar-refractivity contribution in [2.45, 2.75) is 32.2 Å². The first kappa shape index (κ1) is 10.8. The predicted octanol–water partition coefficient (Wildman–Crippen LogP) is 0.932. The van der Waals surface area contributed by atoms with E-state index in [0.29, 0.717) is 6.42 Å². The average molecular weight is 197 g/mol. The van der Waals surface area contributed by atoms with E-state index < -0.39 is 12.0 Å². The summed E-state index contributed by atoms with van der Waals surface area (Å²) >= 11 is 0. The highest BCUT2D eigenvalue weighted by molar-refractivity contribution is 5.86. The van der Waals surface area contributed by atoms with Gasteiger partial charge in [0.25, 0.3) is 0 Å². The number of carbonyl (C=O) groups is 2. The van der Waals surface area contributed by atoms with Crippen LogP contribution in [0.15, 0.2) is 12.2 Å². The zero-order valence-electron chi connectivity index (χ0n) is 8.25. The second-order valence-electron chi connectivity index (χ2n) is 3.83. The van der Waals surface area contributed by atoms with E-state index in [0.717, 1.165) is 18.4 Å². The van der Waals surface area contributed by atoms with Crippen molar-refractivity contribution in [2.24, 2.45) is 5.92 Å². The van der Waals surface area contributed by atoms with Gasteiger partial charge in [-0.15, -0.1) is 6.58 Å². The number of carboxylic acid groups (broad SMARTS) is 1. The molecular weight excluding hydrogens is 182 g/mol. The summed E-state index contributed by atoms with van der Waals surface area (Å²) in [6.07, 6.45) is 2.06. The van der Waals surface area contributed by atoms with E-state index in [1.165, 1.54) is 0 Å². The standard InChI is InChI=1S/C10H15NO3/c1-6(2)5-8(10(13)14)11-9(12)7-3-4-7/h7-8H,1,3-5H2,2H3,(H,11,12)(H,13,14)/t8-/m1/s1. The second-order valence-corrected chi connectivity index (χ2v) is 3.83. The number of hydrogen-bond acceptors (Lipinski definition) is 2. The zero-order chi connectivity index (χ0) is 10.7. The lowest BCUT2D eigenvalue weighted by atomic mass is 10.1. The molecule has 14 heavy (non-hydrogen) atoms. The maximum absolute atomic E-state index is 11.3. The van der Waals surface area contributed by atoms with E-state index in [-0.39, 0.29) is 11.8 Å². The molecule has 0 spiro atoms. The van der Waals surface area contributed by atoms with Crippen LogP contribution >= 0.6 is 0 Å². The normalized spacial score (nSPS) is 17.2. The Morgan fingerprint density at radius 3 is 2.50 bits per heavy atom. The fourth-order valence-corrected chi connectivity index (χ4v) is 1.18. The molecule has 1 aliphatic rings. The van der Waals surface area contributed by atoms with Crippen LogP contribution in [0.2, 0.25) is 0 Å². The van der Waals surface area contributed by atoms with Crippen LogP contribution < -0.4 is 5.32 Å². The monoisotopic (exact) mass is 197 g/mol. The molecular formula is C10H15NO3. The number of rotatable bonds is 5. The first-order valence-corrected chi connectivity index (χ1v) is 4.68. The third kappa shape index (κ3) is 3.20. The first-order valence-electron chi connectivity index (χ1n) is 4.68. The lowest BCUT2D eigenvalue weighted by Gasteiger charge is -2.13. The van der Waals surface area contributed by atoms with Crippen molar-refractivity contribution >= 4 is 11.9 Å². The topological polar surface area (TPSA) is 66.4 Å². The van der Waals surface area contributed by atoms with Gasteiger partial charge in [0, 0.05) is 5.92 Å². The van der Waals surface area contributed by atoms with Gasteiger partial charge in [-0.25, -0.2) is 4.79 Å². The summed E-state index contributed by atoms with van der Waals surface area (Å²) in [6.45, 7) is 5.38. The summed E-state index contributed by atoms with van der Waals surface area (Å²) in [7, 11) is 0. The van der Waals surface area contributed by atoms with Gasteiger partial charge in [-0.05, 0) is 26.2 Å². The van der Waals surface area contributed by atoms with Gasteiger partial charge in [-0.3, -0.25) is 4.79 Å². The molecule has 0 aliphatic heterocycles. The van der Waals surface area contributed by atoms with E-state index in [1.54, 1.807) is 6.92 Å². The first-order chi connectivity index (χ1) is 6.50.